The van der Waals surface area contributed by atoms with E-state index >= 15 is 0 Å². The standard InChI is InChI=1S/C11H13Cl3O5/c1-5(11(12,13)14)4-6(15)7-8(16)18-10(2,3)19-9(7)17/h5,7H,4H2,1-3H3/t5-/m0/s1. The molecule has 1 saturated heterocycles. The summed E-state index contributed by atoms with van der Waals surface area (Å²) >= 11 is 16.9. The van der Waals surface area contributed by atoms with Gasteiger partial charge in [0.1, 0.15) is 0 Å². The molecule has 0 saturated carbocycles. The van der Waals surface area contributed by atoms with E-state index < -0.39 is 39.1 Å². The van der Waals surface area contributed by atoms with Crippen LogP contribution in [0.4, 0.5) is 0 Å². The Balaban J connectivity index is 2.78. The van der Waals surface area contributed by atoms with Gasteiger partial charge in [-0.3, -0.25) is 14.4 Å². The molecule has 5 nitrogen and oxygen atoms in total. The van der Waals surface area contributed by atoms with Crippen molar-refractivity contribution in [3.63, 3.8) is 0 Å². The molecule has 0 unspecified atom stereocenters. The van der Waals surface area contributed by atoms with Crippen LogP contribution in [-0.4, -0.2) is 27.3 Å². The average Bonchev–Trinajstić information content (AvgIpc) is 2.11. The highest BCUT2D eigenvalue weighted by molar-refractivity contribution is 6.67. The van der Waals surface area contributed by atoms with Gasteiger partial charge in [-0.2, -0.15) is 0 Å². The lowest BCUT2D eigenvalue weighted by Crippen LogP contribution is -2.49. The maximum Gasteiger partial charge on any atom is 0.331 e. The van der Waals surface area contributed by atoms with Crippen LogP contribution in [0, 0.1) is 11.8 Å². The molecule has 0 spiro atoms. The molecule has 1 rings (SSSR count). The topological polar surface area (TPSA) is 69.7 Å². The van der Waals surface area contributed by atoms with Crippen LogP contribution < -0.4 is 0 Å². The van der Waals surface area contributed by atoms with Gasteiger partial charge in [0, 0.05) is 26.2 Å². The van der Waals surface area contributed by atoms with Crippen LogP contribution in [-0.2, 0) is 23.9 Å². The van der Waals surface area contributed by atoms with Crippen molar-refractivity contribution >= 4 is 52.5 Å². The third-order valence-electron chi connectivity index (χ3n) is 2.55. The number of hydrogen-bond acceptors (Lipinski definition) is 5. The molecule has 1 atom stereocenters. The zero-order valence-corrected chi connectivity index (χ0v) is 12.8. The largest absolute Gasteiger partial charge is 0.422 e. The summed E-state index contributed by atoms with van der Waals surface area (Å²) in [5.74, 6) is -6.20. The molecule has 0 amide bonds. The molecule has 0 radical (unpaired) electrons. The van der Waals surface area contributed by atoms with E-state index in [1.807, 2.05) is 0 Å². The summed E-state index contributed by atoms with van der Waals surface area (Å²) in [6.45, 7) is 4.31. The first kappa shape index (κ1) is 16.5. The highest BCUT2D eigenvalue weighted by Crippen LogP contribution is 2.37. The number of Topliss-reactive ketones (excluding diaryl/α,β-unsaturated/α-hetero) is 1. The fourth-order valence-electron chi connectivity index (χ4n) is 1.52. The Hall–Kier alpha value is -0.520. The fourth-order valence-corrected chi connectivity index (χ4v) is 1.75. The van der Waals surface area contributed by atoms with Crippen LogP contribution >= 0.6 is 34.8 Å². The van der Waals surface area contributed by atoms with Crippen LogP contribution in [0.3, 0.4) is 0 Å². The molecule has 1 aliphatic rings. The zero-order chi connectivity index (χ0) is 15.0. The van der Waals surface area contributed by atoms with Crippen LogP contribution in [0.25, 0.3) is 0 Å². The SMILES string of the molecule is C[C@@H](CC(=O)C1C(=O)OC(C)(C)OC1=O)C(Cl)(Cl)Cl. The molecule has 1 fully saturated rings. The normalized spacial score (nSPS) is 21.6. The number of hydrogen-bond donors (Lipinski definition) is 0. The molecule has 0 aromatic carbocycles. The summed E-state index contributed by atoms with van der Waals surface area (Å²) in [6, 6.07) is 0. The highest BCUT2D eigenvalue weighted by Gasteiger charge is 2.48. The summed E-state index contributed by atoms with van der Waals surface area (Å²) in [5.41, 5.74) is 0. The van der Waals surface area contributed by atoms with Gasteiger partial charge < -0.3 is 9.47 Å². The van der Waals surface area contributed by atoms with Crippen LogP contribution in [0.15, 0.2) is 0 Å². The molecule has 19 heavy (non-hydrogen) atoms. The minimum Gasteiger partial charge on any atom is -0.422 e. The number of carbonyl (C=O) groups excluding carboxylic acids is 3. The molecular formula is C11H13Cl3O5. The molecule has 108 valence electrons. The van der Waals surface area contributed by atoms with E-state index in [-0.39, 0.29) is 6.42 Å². The Morgan fingerprint density at radius 2 is 1.68 bits per heavy atom. The first-order chi connectivity index (χ1) is 8.44. The van der Waals surface area contributed by atoms with Crippen molar-refractivity contribution in [2.75, 3.05) is 0 Å². The minimum atomic E-state index is -1.66. The number of halogens is 3. The van der Waals surface area contributed by atoms with Crippen molar-refractivity contribution in [2.24, 2.45) is 11.8 Å². The molecule has 0 N–H and O–H groups in total. The molecule has 0 bridgehead atoms. The number of alkyl halides is 3. The molecule has 8 heteroatoms. The lowest BCUT2D eigenvalue weighted by atomic mass is 9.95. The van der Waals surface area contributed by atoms with E-state index in [2.05, 4.69) is 0 Å². The maximum absolute atomic E-state index is 11.9. The molecule has 0 aromatic heterocycles. The van der Waals surface area contributed by atoms with Gasteiger partial charge in [-0.25, -0.2) is 0 Å². The first-order valence-corrected chi connectivity index (χ1v) is 6.62. The predicted octanol–water partition coefficient (Wildman–Crippen LogP) is 2.40. The molecule has 0 aromatic rings. The lowest BCUT2D eigenvalue weighted by Gasteiger charge is -2.32. The molecule has 1 aliphatic heterocycles. The smallest absolute Gasteiger partial charge is 0.331 e. The average molecular weight is 332 g/mol. The molecule has 0 aliphatic carbocycles. The number of esters is 2. The fraction of sp³-hybridized carbons (Fsp3) is 0.727. The van der Waals surface area contributed by atoms with Crippen LogP contribution in [0.5, 0.6) is 0 Å². The Kier molecular flexibility index (Phi) is 4.75. The van der Waals surface area contributed by atoms with Gasteiger partial charge in [0.15, 0.2) is 9.58 Å². The number of cyclic esters (lactones) is 2. The third kappa shape index (κ3) is 4.23. The second-order valence-electron chi connectivity index (χ2n) is 4.79. The summed E-state index contributed by atoms with van der Waals surface area (Å²) in [5, 5.41) is 0. The Labute approximate surface area is 125 Å². The van der Waals surface area contributed by atoms with Crippen molar-refractivity contribution in [2.45, 2.75) is 36.8 Å². The minimum absolute atomic E-state index is 0.244. The number of ether oxygens (including phenoxy) is 2. The van der Waals surface area contributed by atoms with Gasteiger partial charge in [-0.15, -0.1) is 0 Å². The van der Waals surface area contributed by atoms with Gasteiger partial charge >= 0.3 is 11.9 Å². The van der Waals surface area contributed by atoms with Crippen LogP contribution in [0.1, 0.15) is 27.2 Å². The van der Waals surface area contributed by atoms with E-state index in [1.165, 1.54) is 20.8 Å². The van der Waals surface area contributed by atoms with Crippen molar-refractivity contribution in [1.82, 2.24) is 0 Å². The summed E-state index contributed by atoms with van der Waals surface area (Å²) in [7, 11) is 0. The van der Waals surface area contributed by atoms with E-state index in [0.717, 1.165) is 0 Å². The third-order valence-corrected chi connectivity index (χ3v) is 3.67. The van der Waals surface area contributed by atoms with Gasteiger partial charge in [0.05, 0.1) is 0 Å². The Bertz CT molecular complexity index is 393. The second-order valence-corrected chi connectivity index (χ2v) is 7.16. The summed E-state index contributed by atoms with van der Waals surface area (Å²) in [4.78, 5) is 35.2. The van der Waals surface area contributed by atoms with E-state index in [4.69, 9.17) is 44.3 Å². The van der Waals surface area contributed by atoms with E-state index in [1.54, 1.807) is 0 Å². The second kappa shape index (κ2) is 5.46. The Morgan fingerprint density at radius 3 is 2.05 bits per heavy atom. The zero-order valence-electron chi connectivity index (χ0n) is 10.5. The van der Waals surface area contributed by atoms with E-state index in [9.17, 15) is 14.4 Å². The first-order valence-electron chi connectivity index (χ1n) is 5.49. The van der Waals surface area contributed by atoms with Gasteiger partial charge in [0.2, 0.25) is 5.92 Å². The Morgan fingerprint density at radius 1 is 1.26 bits per heavy atom. The summed E-state index contributed by atoms with van der Waals surface area (Å²) in [6.07, 6.45) is -0.244. The lowest BCUT2D eigenvalue weighted by molar-refractivity contribution is -0.238. The highest BCUT2D eigenvalue weighted by atomic mass is 35.6. The quantitative estimate of drug-likeness (QED) is 0.451. The van der Waals surface area contributed by atoms with Gasteiger partial charge in [-0.05, 0) is 0 Å². The van der Waals surface area contributed by atoms with Crippen molar-refractivity contribution < 1.29 is 23.9 Å². The maximum atomic E-state index is 11.9. The predicted molar refractivity (Wildman–Crippen MR) is 68.8 cm³/mol. The molecule has 1 heterocycles. The number of ketones is 1. The van der Waals surface area contributed by atoms with Crippen molar-refractivity contribution in [1.29, 1.82) is 0 Å². The van der Waals surface area contributed by atoms with Crippen LogP contribution in [0.2, 0.25) is 0 Å². The van der Waals surface area contributed by atoms with E-state index in [0.29, 0.717) is 0 Å². The van der Waals surface area contributed by atoms with Gasteiger partial charge in [-0.1, -0.05) is 41.7 Å². The number of carbonyl (C=O) groups is 3. The van der Waals surface area contributed by atoms with Crippen molar-refractivity contribution in [3.05, 3.63) is 0 Å². The monoisotopic (exact) mass is 330 g/mol. The number of rotatable bonds is 3. The molecular weight excluding hydrogens is 318 g/mol. The van der Waals surface area contributed by atoms with Gasteiger partial charge in [0.25, 0.3) is 5.79 Å². The summed E-state index contributed by atoms with van der Waals surface area (Å²) < 4.78 is 8.03. The van der Waals surface area contributed by atoms with Crippen molar-refractivity contribution in [3.8, 4) is 0 Å².